The van der Waals surface area contributed by atoms with Crippen molar-refractivity contribution >= 4 is 22.9 Å². The Kier molecular flexibility index (Phi) is 3.92. The molecule has 1 aromatic heterocycles. The molecule has 1 unspecified atom stereocenters. The summed E-state index contributed by atoms with van der Waals surface area (Å²) in [6.07, 6.45) is 3.66. The molecule has 19 heavy (non-hydrogen) atoms. The highest BCUT2D eigenvalue weighted by Gasteiger charge is 2.22. The molecule has 2 aromatic rings. The lowest BCUT2D eigenvalue weighted by molar-refractivity contribution is 0.463. The standard InChI is InChI=1S/C16H18ClNS/c1-11-5-7-12(8-6-11)10-18-14-3-2-4-15-13(14)9-16(17)19-15/h5-9,14,18H,2-4,10H2,1H3. The van der Waals surface area contributed by atoms with Crippen molar-refractivity contribution in [3.8, 4) is 0 Å². The van der Waals surface area contributed by atoms with Crippen molar-refractivity contribution in [2.75, 3.05) is 0 Å². The number of hydrogen-bond acceptors (Lipinski definition) is 2. The van der Waals surface area contributed by atoms with Gasteiger partial charge in [-0.25, -0.2) is 0 Å². The molecule has 0 radical (unpaired) electrons. The Morgan fingerprint density at radius 3 is 2.89 bits per heavy atom. The van der Waals surface area contributed by atoms with E-state index in [1.54, 1.807) is 11.3 Å². The van der Waals surface area contributed by atoms with Gasteiger partial charge in [0.25, 0.3) is 0 Å². The largest absolute Gasteiger partial charge is 0.306 e. The summed E-state index contributed by atoms with van der Waals surface area (Å²) >= 11 is 7.88. The Hall–Kier alpha value is -0.830. The minimum atomic E-state index is 0.466. The SMILES string of the molecule is Cc1ccc(CNC2CCCc3sc(Cl)cc32)cc1. The zero-order valence-corrected chi connectivity index (χ0v) is 12.7. The number of benzene rings is 1. The molecule has 3 rings (SSSR count). The number of aryl methyl sites for hydroxylation is 2. The van der Waals surface area contributed by atoms with Crippen molar-refractivity contribution in [3.63, 3.8) is 0 Å². The number of hydrogen-bond donors (Lipinski definition) is 1. The molecule has 0 aliphatic heterocycles. The zero-order chi connectivity index (χ0) is 13.2. The van der Waals surface area contributed by atoms with E-state index in [9.17, 15) is 0 Å². The highest BCUT2D eigenvalue weighted by Crippen LogP contribution is 2.37. The van der Waals surface area contributed by atoms with Gasteiger partial charge in [0, 0.05) is 17.5 Å². The van der Waals surface area contributed by atoms with E-state index in [0.29, 0.717) is 6.04 Å². The fourth-order valence-electron chi connectivity index (χ4n) is 2.68. The first-order chi connectivity index (χ1) is 9.22. The van der Waals surface area contributed by atoms with E-state index in [4.69, 9.17) is 11.6 Å². The van der Waals surface area contributed by atoms with Gasteiger partial charge < -0.3 is 5.32 Å². The normalized spacial score (nSPS) is 18.3. The van der Waals surface area contributed by atoms with Crippen LogP contribution in [0.25, 0.3) is 0 Å². The first kappa shape index (κ1) is 13.2. The van der Waals surface area contributed by atoms with Crippen molar-refractivity contribution in [2.24, 2.45) is 0 Å². The third-order valence-electron chi connectivity index (χ3n) is 3.76. The molecule has 0 bridgehead atoms. The van der Waals surface area contributed by atoms with Gasteiger partial charge in [-0.1, -0.05) is 41.4 Å². The number of thiophene rings is 1. The number of rotatable bonds is 3. The summed E-state index contributed by atoms with van der Waals surface area (Å²) in [5, 5.41) is 3.67. The van der Waals surface area contributed by atoms with Crippen LogP contribution in [0.5, 0.6) is 0 Å². The van der Waals surface area contributed by atoms with Gasteiger partial charge in [-0.15, -0.1) is 11.3 Å². The van der Waals surface area contributed by atoms with Crippen LogP contribution in [-0.4, -0.2) is 0 Å². The van der Waals surface area contributed by atoms with Crippen LogP contribution in [0.2, 0.25) is 4.34 Å². The number of fused-ring (bicyclic) bond motifs is 1. The molecule has 1 aromatic carbocycles. The fourth-order valence-corrected chi connectivity index (χ4v) is 4.06. The van der Waals surface area contributed by atoms with Gasteiger partial charge in [-0.2, -0.15) is 0 Å². The third kappa shape index (κ3) is 3.02. The van der Waals surface area contributed by atoms with Crippen molar-refractivity contribution in [1.82, 2.24) is 5.32 Å². The van der Waals surface area contributed by atoms with Crippen LogP contribution in [0.3, 0.4) is 0 Å². The maximum absolute atomic E-state index is 6.14. The molecule has 1 nitrogen and oxygen atoms in total. The predicted octanol–water partition coefficient (Wildman–Crippen LogP) is 4.88. The second-order valence-electron chi connectivity index (χ2n) is 5.24. The van der Waals surface area contributed by atoms with Crippen LogP contribution in [0.1, 0.15) is 40.5 Å². The molecule has 1 N–H and O–H groups in total. The van der Waals surface area contributed by atoms with Gasteiger partial charge >= 0.3 is 0 Å². The zero-order valence-electron chi connectivity index (χ0n) is 11.1. The molecule has 1 heterocycles. The van der Waals surface area contributed by atoms with Crippen LogP contribution < -0.4 is 5.32 Å². The number of nitrogens with one attached hydrogen (secondary N) is 1. The van der Waals surface area contributed by atoms with E-state index in [2.05, 4.69) is 42.6 Å². The molecule has 0 saturated carbocycles. The Bertz CT molecular complexity index is 559. The lowest BCUT2D eigenvalue weighted by atomic mass is 9.94. The predicted molar refractivity (Wildman–Crippen MR) is 83.0 cm³/mol. The average Bonchev–Trinajstić information content (AvgIpc) is 2.79. The Labute approximate surface area is 123 Å². The minimum Gasteiger partial charge on any atom is -0.306 e. The Morgan fingerprint density at radius 1 is 1.32 bits per heavy atom. The lowest BCUT2D eigenvalue weighted by Gasteiger charge is -2.23. The van der Waals surface area contributed by atoms with Crippen LogP contribution in [0, 0.1) is 6.92 Å². The molecule has 0 amide bonds. The summed E-state index contributed by atoms with van der Waals surface area (Å²) < 4.78 is 0.925. The second kappa shape index (κ2) is 5.66. The van der Waals surface area contributed by atoms with Crippen molar-refractivity contribution < 1.29 is 0 Å². The summed E-state index contributed by atoms with van der Waals surface area (Å²) in [5.41, 5.74) is 4.08. The van der Waals surface area contributed by atoms with E-state index in [-0.39, 0.29) is 0 Å². The van der Waals surface area contributed by atoms with Gasteiger partial charge in [0.05, 0.1) is 4.34 Å². The highest BCUT2D eigenvalue weighted by molar-refractivity contribution is 7.16. The first-order valence-corrected chi connectivity index (χ1v) is 7.99. The molecule has 1 aliphatic carbocycles. The maximum atomic E-state index is 6.14. The summed E-state index contributed by atoms with van der Waals surface area (Å²) in [6, 6.07) is 11.4. The molecular formula is C16H18ClNS. The fraction of sp³-hybridized carbons (Fsp3) is 0.375. The maximum Gasteiger partial charge on any atom is 0.0934 e. The van der Waals surface area contributed by atoms with E-state index >= 15 is 0 Å². The molecule has 100 valence electrons. The number of halogens is 1. The monoisotopic (exact) mass is 291 g/mol. The molecule has 1 atom stereocenters. The molecule has 0 fully saturated rings. The van der Waals surface area contributed by atoms with Gasteiger partial charge in [0.1, 0.15) is 0 Å². The molecule has 3 heteroatoms. The summed E-state index contributed by atoms with van der Waals surface area (Å²) in [4.78, 5) is 1.47. The molecule has 1 aliphatic rings. The van der Waals surface area contributed by atoms with Crippen molar-refractivity contribution in [2.45, 2.75) is 38.8 Å². The summed E-state index contributed by atoms with van der Waals surface area (Å²) in [5.74, 6) is 0. The Balaban J connectivity index is 1.69. The summed E-state index contributed by atoms with van der Waals surface area (Å²) in [7, 11) is 0. The van der Waals surface area contributed by atoms with E-state index in [1.165, 1.54) is 40.8 Å². The first-order valence-electron chi connectivity index (χ1n) is 6.79. The molecule has 0 saturated heterocycles. The van der Waals surface area contributed by atoms with Crippen LogP contribution >= 0.6 is 22.9 Å². The topological polar surface area (TPSA) is 12.0 Å². The van der Waals surface area contributed by atoms with Gasteiger partial charge in [0.2, 0.25) is 0 Å². The van der Waals surface area contributed by atoms with E-state index in [0.717, 1.165) is 10.9 Å². The lowest BCUT2D eigenvalue weighted by Crippen LogP contribution is -2.23. The van der Waals surface area contributed by atoms with Gasteiger partial charge in [0.15, 0.2) is 0 Å². The second-order valence-corrected chi connectivity index (χ2v) is 7.01. The Morgan fingerprint density at radius 2 is 2.11 bits per heavy atom. The third-order valence-corrected chi connectivity index (χ3v) is 5.10. The van der Waals surface area contributed by atoms with Gasteiger partial charge in [-0.05, 0) is 43.4 Å². The van der Waals surface area contributed by atoms with Crippen LogP contribution in [0.15, 0.2) is 30.3 Å². The van der Waals surface area contributed by atoms with Crippen molar-refractivity contribution in [3.05, 3.63) is 56.2 Å². The molecular weight excluding hydrogens is 274 g/mol. The molecule has 0 spiro atoms. The smallest absolute Gasteiger partial charge is 0.0934 e. The highest BCUT2D eigenvalue weighted by atomic mass is 35.5. The summed E-state index contributed by atoms with van der Waals surface area (Å²) in [6.45, 7) is 3.05. The van der Waals surface area contributed by atoms with Crippen LogP contribution in [-0.2, 0) is 13.0 Å². The van der Waals surface area contributed by atoms with Gasteiger partial charge in [-0.3, -0.25) is 0 Å². The van der Waals surface area contributed by atoms with Crippen LogP contribution in [0.4, 0.5) is 0 Å². The quantitative estimate of drug-likeness (QED) is 0.850. The minimum absolute atomic E-state index is 0.466. The van der Waals surface area contributed by atoms with E-state index in [1.807, 2.05) is 0 Å². The van der Waals surface area contributed by atoms with Crippen molar-refractivity contribution in [1.29, 1.82) is 0 Å². The average molecular weight is 292 g/mol. The van der Waals surface area contributed by atoms with E-state index < -0.39 is 0 Å².